The number of fused-ring (bicyclic) bond motifs is 1. The third-order valence-corrected chi connectivity index (χ3v) is 5.60. The fourth-order valence-corrected chi connectivity index (χ4v) is 4.81. The van der Waals surface area contributed by atoms with Gasteiger partial charge < -0.3 is 9.30 Å². The second-order valence-electron chi connectivity index (χ2n) is 5.98. The molecule has 0 fully saturated rings. The number of hydrogen-bond acceptors (Lipinski definition) is 3. The van der Waals surface area contributed by atoms with E-state index < -0.39 is 0 Å². The molecule has 1 aliphatic rings. The molecule has 0 bridgehead atoms. The molecule has 0 saturated carbocycles. The first-order valence-electron chi connectivity index (χ1n) is 7.41. The molecule has 0 aliphatic heterocycles. The summed E-state index contributed by atoms with van der Waals surface area (Å²) in [5.74, 6) is 0.492. The number of esters is 1. The Hall–Kier alpha value is -1.55. The molecule has 0 saturated heterocycles. The third-order valence-electron chi connectivity index (χ3n) is 4.36. The molecule has 4 heteroatoms. The quantitative estimate of drug-likeness (QED) is 0.783. The SMILES string of the molecule is COC(=O)c1c(-n2c(C)ccc2C)sc2c1CC[C@@H](C)C2. The number of methoxy groups -OCH3 is 1. The summed E-state index contributed by atoms with van der Waals surface area (Å²) < 4.78 is 7.24. The molecule has 0 radical (unpaired) electrons. The average Bonchev–Trinajstić information content (AvgIpc) is 2.97. The van der Waals surface area contributed by atoms with Gasteiger partial charge >= 0.3 is 5.97 Å². The number of carbonyl (C=O) groups excluding carboxylic acids is 1. The van der Waals surface area contributed by atoms with Crippen molar-refractivity contribution >= 4 is 17.3 Å². The normalized spacial score (nSPS) is 17.6. The van der Waals surface area contributed by atoms with E-state index in [4.69, 9.17) is 4.74 Å². The van der Waals surface area contributed by atoms with Gasteiger partial charge in [0.1, 0.15) is 5.00 Å². The van der Waals surface area contributed by atoms with Gasteiger partial charge in [0, 0.05) is 16.3 Å². The van der Waals surface area contributed by atoms with Crippen LogP contribution in [-0.4, -0.2) is 17.6 Å². The molecule has 3 rings (SSSR count). The Morgan fingerprint density at radius 2 is 2.00 bits per heavy atom. The summed E-state index contributed by atoms with van der Waals surface area (Å²) in [4.78, 5) is 13.7. The van der Waals surface area contributed by atoms with Crippen molar-refractivity contribution in [1.82, 2.24) is 4.57 Å². The van der Waals surface area contributed by atoms with E-state index in [0.717, 1.165) is 41.2 Å². The zero-order valence-corrected chi connectivity index (χ0v) is 13.8. The van der Waals surface area contributed by atoms with Gasteiger partial charge in [0.2, 0.25) is 0 Å². The van der Waals surface area contributed by atoms with Crippen LogP contribution in [0.15, 0.2) is 12.1 Å². The van der Waals surface area contributed by atoms with Crippen LogP contribution in [0.5, 0.6) is 0 Å². The summed E-state index contributed by atoms with van der Waals surface area (Å²) >= 11 is 1.76. The molecule has 0 amide bonds. The number of hydrogen-bond donors (Lipinski definition) is 0. The fraction of sp³-hybridized carbons (Fsp3) is 0.471. The molecule has 0 spiro atoms. The summed E-state index contributed by atoms with van der Waals surface area (Å²) in [6.45, 7) is 6.44. The first kappa shape index (κ1) is 14.4. The van der Waals surface area contributed by atoms with Gasteiger partial charge in [0.15, 0.2) is 0 Å². The third kappa shape index (κ3) is 2.31. The van der Waals surface area contributed by atoms with E-state index in [-0.39, 0.29) is 5.97 Å². The maximum Gasteiger partial charge on any atom is 0.341 e. The van der Waals surface area contributed by atoms with Crippen molar-refractivity contribution in [1.29, 1.82) is 0 Å². The van der Waals surface area contributed by atoms with Gasteiger partial charge in [-0.3, -0.25) is 0 Å². The van der Waals surface area contributed by atoms with Crippen LogP contribution in [0.2, 0.25) is 0 Å². The van der Waals surface area contributed by atoms with Crippen LogP contribution in [0.4, 0.5) is 0 Å². The predicted molar refractivity (Wildman–Crippen MR) is 85.6 cm³/mol. The van der Waals surface area contributed by atoms with Crippen LogP contribution in [0.1, 0.15) is 45.5 Å². The number of nitrogens with zero attached hydrogens (tertiary/aromatic N) is 1. The lowest BCUT2D eigenvalue weighted by Gasteiger charge is -2.18. The Bertz CT molecular complexity index is 676. The van der Waals surface area contributed by atoms with E-state index in [1.54, 1.807) is 11.3 Å². The lowest BCUT2D eigenvalue weighted by molar-refractivity contribution is 0.0599. The molecule has 2 aromatic heterocycles. The van der Waals surface area contributed by atoms with E-state index >= 15 is 0 Å². The van der Waals surface area contributed by atoms with E-state index in [9.17, 15) is 4.79 Å². The van der Waals surface area contributed by atoms with Crippen LogP contribution in [0, 0.1) is 19.8 Å². The van der Waals surface area contributed by atoms with Crippen LogP contribution >= 0.6 is 11.3 Å². The highest BCUT2D eigenvalue weighted by Gasteiger charge is 2.29. The molecule has 21 heavy (non-hydrogen) atoms. The monoisotopic (exact) mass is 303 g/mol. The Morgan fingerprint density at radius 1 is 1.33 bits per heavy atom. The number of aromatic nitrogens is 1. The average molecular weight is 303 g/mol. The first-order valence-corrected chi connectivity index (χ1v) is 8.22. The summed E-state index contributed by atoms with van der Waals surface area (Å²) in [6, 6.07) is 4.19. The maximum atomic E-state index is 12.3. The zero-order chi connectivity index (χ0) is 15.1. The van der Waals surface area contributed by atoms with Crippen molar-refractivity contribution in [2.75, 3.05) is 7.11 Å². The predicted octanol–water partition coefficient (Wildman–Crippen LogP) is 4.07. The number of aryl methyl sites for hydroxylation is 2. The number of ether oxygens (including phenoxy) is 1. The van der Waals surface area contributed by atoms with Crippen LogP contribution in [-0.2, 0) is 17.6 Å². The van der Waals surface area contributed by atoms with E-state index in [2.05, 4.69) is 37.5 Å². The van der Waals surface area contributed by atoms with Gasteiger partial charge in [0.25, 0.3) is 0 Å². The first-order chi connectivity index (χ1) is 10.0. The summed E-state index contributed by atoms with van der Waals surface area (Å²) in [5, 5.41) is 1.03. The molecular formula is C17H21NO2S. The van der Waals surface area contributed by atoms with Gasteiger partial charge in [0.05, 0.1) is 12.7 Å². The standard InChI is InChI=1S/C17H21NO2S/c1-10-5-8-13-14(9-10)21-16(15(13)17(19)20-4)18-11(2)6-7-12(18)3/h6-7,10H,5,8-9H2,1-4H3/t10-/m1/s1. The Balaban J connectivity index is 2.23. The van der Waals surface area contributed by atoms with Crippen molar-refractivity contribution in [2.24, 2.45) is 5.92 Å². The minimum atomic E-state index is -0.204. The van der Waals surface area contributed by atoms with Crippen LogP contribution in [0.3, 0.4) is 0 Å². The van der Waals surface area contributed by atoms with Crippen molar-refractivity contribution in [3.8, 4) is 5.00 Å². The topological polar surface area (TPSA) is 31.2 Å². The second-order valence-corrected chi connectivity index (χ2v) is 7.06. The van der Waals surface area contributed by atoms with Gasteiger partial charge in [-0.05, 0) is 56.7 Å². The van der Waals surface area contributed by atoms with E-state index in [1.807, 2.05) is 0 Å². The molecule has 112 valence electrons. The lowest BCUT2D eigenvalue weighted by Crippen LogP contribution is -2.14. The fourth-order valence-electron chi connectivity index (χ4n) is 3.20. The molecule has 0 aromatic carbocycles. The summed E-state index contributed by atoms with van der Waals surface area (Å²) in [5.41, 5.74) is 4.31. The molecule has 0 unspecified atom stereocenters. The smallest absolute Gasteiger partial charge is 0.341 e. The minimum Gasteiger partial charge on any atom is -0.465 e. The highest BCUT2D eigenvalue weighted by molar-refractivity contribution is 7.15. The van der Waals surface area contributed by atoms with Crippen LogP contribution < -0.4 is 0 Å². The lowest BCUT2D eigenvalue weighted by atomic mass is 9.88. The zero-order valence-electron chi connectivity index (χ0n) is 13.0. The maximum absolute atomic E-state index is 12.3. The van der Waals surface area contributed by atoms with Gasteiger partial charge in [-0.25, -0.2) is 4.79 Å². The van der Waals surface area contributed by atoms with Crippen molar-refractivity contribution in [2.45, 2.75) is 40.0 Å². The summed E-state index contributed by atoms with van der Waals surface area (Å²) in [7, 11) is 1.47. The van der Waals surface area contributed by atoms with E-state index in [0.29, 0.717) is 5.92 Å². The van der Waals surface area contributed by atoms with Gasteiger partial charge in [-0.2, -0.15) is 0 Å². The van der Waals surface area contributed by atoms with E-state index in [1.165, 1.54) is 17.6 Å². The van der Waals surface area contributed by atoms with Crippen molar-refractivity contribution < 1.29 is 9.53 Å². The van der Waals surface area contributed by atoms with Crippen molar-refractivity contribution in [3.63, 3.8) is 0 Å². The number of thiophene rings is 1. The molecular weight excluding hydrogens is 282 g/mol. The molecule has 2 aromatic rings. The molecule has 3 nitrogen and oxygen atoms in total. The summed E-state index contributed by atoms with van der Waals surface area (Å²) in [6.07, 6.45) is 3.21. The second kappa shape index (κ2) is 5.34. The number of carbonyl (C=O) groups is 1. The molecule has 0 N–H and O–H groups in total. The molecule has 1 aliphatic carbocycles. The van der Waals surface area contributed by atoms with Gasteiger partial charge in [-0.15, -0.1) is 11.3 Å². The Kier molecular flexibility index (Phi) is 3.66. The molecule has 2 heterocycles. The Morgan fingerprint density at radius 3 is 2.62 bits per heavy atom. The van der Waals surface area contributed by atoms with Gasteiger partial charge in [-0.1, -0.05) is 6.92 Å². The highest BCUT2D eigenvalue weighted by atomic mass is 32.1. The largest absolute Gasteiger partial charge is 0.465 e. The minimum absolute atomic E-state index is 0.204. The van der Waals surface area contributed by atoms with Crippen LogP contribution in [0.25, 0.3) is 5.00 Å². The number of rotatable bonds is 2. The Labute approximate surface area is 129 Å². The highest BCUT2D eigenvalue weighted by Crippen LogP contribution is 2.39. The van der Waals surface area contributed by atoms with Crippen molar-refractivity contribution in [3.05, 3.63) is 39.5 Å². The molecule has 1 atom stereocenters.